The van der Waals surface area contributed by atoms with Gasteiger partial charge in [0.2, 0.25) is 5.91 Å². The Morgan fingerprint density at radius 1 is 1.37 bits per heavy atom. The molecule has 1 aromatic heterocycles. The van der Waals surface area contributed by atoms with Crippen LogP contribution in [-0.4, -0.2) is 39.5 Å². The van der Waals surface area contributed by atoms with E-state index in [0.29, 0.717) is 13.0 Å². The Labute approximate surface area is 111 Å². The Bertz CT molecular complexity index is 495. The van der Waals surface area contributed by atoms with E-state index in [9.17, 15) is 14.4 Å². The number of carboxylic acids is 1. The van der Waals surface area contributed by atoms with E-state index in [1.54, 1.807) is 18.3 Å². The summed E-state index contributed by atoms with van der Waals surface area (Å²) in [4.78, 5) is 35.3. The topological polar surface area (TPSA) is 79.6 Å². The molecule has 0 spiro atoms. The molecule has 1 aromatic rings. The van der Waals surface area contributed by atoms with Gasteiger partial charge in [0.25, 0.3) is 5.56 Å². The number of carbonyl (C=O) groups is 2. The molecule has 1 rings (SSSR count). The fourth-order valence-corrected chi connectivity index (χ4v) is 1.74. The zero-order valence-electron chi connectivity index (χ0n) is 10.9. The quantitative estimate of drug-likeness (QED) is 0.782. The minimum absolute atomic E-state index is 0.122. The third kappa shape index (κ3) is 4.95. The van der Waals surface area contributed by atoms with Gasteiger partial charge in [-0.25, -0.2) is 0 Å². The third-order valence-corrected chi connectivity index (χ3v) is 2.64. The normalized spacial score (nSPS) is 10.2. The second-order valence-electron chi connectivity index (χ2n) is 4.19. The fraction of sp³-hybridized carbons (Fsp3) is 0.462. The molecule has 6 heteroatoms. The summed E-state index contributed by atoms with van der Waals surface area (Å²) in [5, 5.41) is 8.74. The lowest BCUT2D eigenvalue weighted by Gasteiger charge is -2.20. The Hall–Kier alpha value is -2.11. The van der Waals surface area contributed by atoms with Crippen molar-refractivity contribution < 1.29 is 14.7 Å². The average molecular weight is 266 g/mol. The zero-order chi connectivity index (χ0) is 14.3. The van der Waals surface area contributed by atoms with Crippen LogP contribution in [0.4, 0.5) is 0 Å². The number of hydrogen-bond acceptors (Lipinski definition) is 3. The Morgan fingerprint density at radius 3 is 2.68 bits per heavy atom. The molecule has 0 aliphatic rings. The lowest BCUT2D eigenvalue weighted by molar-refractivity contribution is -0.144. The summed E-state index contributed by atoms with van der Waals surface area (Å²) in [6.07, 6.45) is 2.43. The van der Waals surface area contributed by atoms with E-state index in [1.165, 1.54) is 15.5 Å². The van der Waals surface area contributed by atoms with Gasteiger partial charge in [0.15, 0.2) is 0 Å². The monoisotopic (exact) mass is 266 g/mol. The summed E-state index contributed by atoms with van der Waals surface area (Å²) in [5.41, 5.74) is -0.171. The Morgan fingerprint density at radius 2 is 2.11 bits per heavy atom. The summed E-state index contributed by atoms with van der Waals surface area (Å²) in [6.45, 7) is 2.26. The first kappa shape index (κ1) is 14.9. The van der Waals surface area contributed by atoms with E-state index in [-0.39, 0.29) is 31.0 Å². The van der Waals surface area contributed by atoms with Gasteiger partial charge >= 0.3 is 5.97 Å². The van der Waals surface area contributed by atoms with Crippen LogP contribution in [0.25, 0.3) is 0 Å². The van der Waals surface area contributed by atoms with E-state index in [1.807, 2.05) is 6.92 Å². The number of amides is 1. The number of pyridine rings is 1. The van der Waals surface area contributed by atoms with Crippen LogP contribution in [-0.2, 0) is 16.1 Å². The molecule has 1 amide bonds. The molecule has 6 nitrogen and oxygen atoms in total. The lowest BCUT2D eigenvalue weighted by Crippen LogP contribution is -2.37. The molecule has 0 aliphatic carbocycles. The maximum Gasteiger partial charge on any atom is 0.323 e. The molecule has 0 radical (unpaired) electrons. The molecular formula is C13H18N2O4. The van der Waals surface area contributed by atoms with Crippen LogP contribution in [0.1, 0.15) is 19.8 Å². The van der Waals surface area contributed by atoms with Crippen LogP contribution in [0.3, 0.4) is 0 Å². The molecule has 0 fully saturated rings. The molecule has 0 atom stereocenters. The zero-order valence-corrected chi connectivity index (χ0v) is 10.9. The summed E-state index contributed by atoms with van der Waals surface area (Å²) in [6, 6.07) is 4.77. The van der Waals surface area contributed by atoms with E-state index in [0.717, 1.165) is 0 Å². The van der Waals surface area contributed by atoms with Gasteiger partial charge < -0.3 is 14.6 Å². The SMILES string of the molecule is CCCN(CC(=O)O)C(=O)CCn1ccccc1=O. The van der Waals surface area contributed by atoms with Crippen LogP contribution >= 0.6 is 0 Å². The van der Waals surface area contributed by atoms with Gasteiger partial charge in [0.1, 0.15) is 6.54 Å². The van der Waals surface area contributed by atoms with Crippen molar-refractivity contribution in [2.45, 2.75) is 26.3 Å². The van der Waals surface area contributed by atoms with Crippen molar-refractivity contribution in [1.82, 2.24) is 9.47 Å². The summed E-state index contributed by atoms with van der Waals surface area (Å²) < 4.78 is 1.43. The van der Waals surface area contributed by atoms with Gasteiger partial charge in [-0.05, 0) is 12.5 Å². The number of aliphatic carboxylic acids is 1. The van der Waals surface area contributed by atoms with Crippen LogP contribution in [0.5, 0.6) is 0 Å². The predicted octanol–water partition coefficient (Wildman–Crippen LogP) is 0.562. The smallest absolute Gasteiger partial charge is 0.323 e. The predicted molar refractivity (Wildman–Crippen MR) is 69.8 cm³/mol. The molecular weight excluding hydrogens is 248 g/mol. The van der Waals surface area contributed by atoms with Crippen molar-refractivity contribution in [2.75, 3.05) is 13.1 Å². The van der Waals surface area contributed by atoms with Crippen molar-refractivity contribution in [3.63, 3.8) is 0 Å². The van der Waals surface area contributed by atoms with Gasteiger partial charge in [-0.3, -0.25) is 14.4 Å². The average Bonchev–Trinajstić information content (AvgIpc) is 2.36. The Kier molecular flexibility index (Phi) is 5.78. The molecule has 0 unspecified atom stereocenters. The van der Waals surface area contributed by atoms with Crippen LogP contribution in [0, 0.1) is 0 Å². The molecule has 1 heterocycles. The van der Waals surface area contributed by atoms with Crippen molar-refractivity contribution in [1.29, 1.82) is 0 Å². The first-order valence-corrected chi connectivity index (χ1v) is 6.19. The van der Waals surface area contributed by atoms with Gasteiger partial charge in [0.05, 0.1) is 0 Å². The number of carboxylic acid groups (broad SMARTS) is 1. The highest BCUT2D eigenvalue weighted by molar-refractivity contribution is 5.81. The van der Waals surface area contributed by atoms with Crippen LogP contribution in [0.15, 0.2) is 29.2 Å². The molecule has 1 N–H and O–H groups in total. The largest absolute Gasteiger partial charge is 0.480 e. The standard InChI is InChI=1S/C13H18N2O4/c1-2-7-15(10-13(18)19)12(17)6-9-14-8-4-3-5-11(14)16/h3-5,8H,2,6-7,9-10H2,1H3,(H,18,19). The number of hydrogen-bond donors (Lipinski definition) is 1. The summed E-state index contributed by atoms with van der Waals surface area (Å²) in [7, 11) is 0. The van der Waals surface area contributed by atoms with Gasteiger partial charge in [0, 0.05) is 31.8 Å². The highest BCUT2D eigenvalue weighted by Gasteiger charge is 2.15. The van der Waals surface area contributed by atoms with Crippen molar-refractivity contribution in [3.05, 3.63) is 34.7 Å². The third-order valence-electron chi connectivity index (χ3n) is 2.64. The first-order valence-electron chi connectivity index (χ1n) is 6.19. The molecule has 0 bridgehead atoms. The molecule has 19 heavy (non-hydrogen) atoms. The number of nitrogens with zero attached hydrogens (tertiary/aromatic N) is 2. The molecule has 0 aromatic carbocycles. The molecule has 0 saturated heterocycles. The molecule has 0 aliphatic heterocycles. The second kappa shape index (κ2) is 7.35. The van der Waals surface area contributed by atoms with Gasteiger partial charge in [-0.2, -0.15) is 0 Å². The van der Waals surface area contributed by atoms with Crippen LogP contribution < -0.4 is 5.56 Å². The highest BCUT2D eigenvalue weighted by atomic mass is 16.4. The van der Waals surface area contributed by atoms with Crippen molar-refractivity contribution in [2.24, 2.45) is 0 Å². The van der Waals surface area contributed by atoms with Crippen molar-refractivity contribution in [3.8, 4) is 0 Å². The Balaban J connectivity index is 2.59. The van der Waals surface area contributed by atoms with E-state index in [4.69, 9.17) is 5.11 Å². The number of rotatable bonds is 7. The fourth-order valence-electron chi connectivity index (χ4n) is 1.74. The van der Waals surface area contributed by atoms with E-state index >= 15 is 0 Å². The van der Waals surface area contributed by atoms with Crippen LogP contribution in [0.2, 0.25) is 0 Å². The molecule has 104 valence electrons. The number of aryl methyl sites for hydroxylation is 1. The second-order valence-corrected chi connectivity index (χ2v) is 4.19. The van der Waals surface area contributed by atoms with E-state index < -0.39 is 5.97 Å². The maximum absolute atomic E-state index is 11.9. The first-order chi connectivity index (χ1) is 9.04. The number of carbonyl (C=O) groups excluding carboxylic acids is 1. The van der Waals surface area contributed by atoms with E-state index in [2.05, 4.69) is 0 Å². The number of aromatic nitrogens is 1. The minimum atomic E-state index is -1.03. The molecule has 0 saturated carbocycles. The van der Waals surface area contributed by atoms with Gasteiger partial charge in [-0.1, -0.05) is 13.0 Å². The van der Waals surface area contributed by atoms with Gasteiger partial charge in [-0.15, -0.1) is 0 Å². The van der Waals surface area contributed by atoms with Crippen molar-refractivity contribution >= 4 is 11.9 Å². The highest BCUT2D eigenvalue weighted by Crippen LogP contribution is 1.98. The minimum Gasteiger partial charge on any atom is -0.480 e. The maximum atomic E-state index is 11.9. The summed E-state index contributed by atoms with van der Waals surface area (Å²) in [5.74, 6) is -1.28. The lowest BCUT2D eigenvalue weighted by atomic mass is 10.3. The summed E-state index contributed by atoms with van der Waals surface area (Å²) >= 11 is 0.